The van der Waals surface area contributed by atoms with Crippen LogP contribution in [0.1, 0.15) is 11.1 Å². The maximum Gasteiger partial charge on any atom is 0.306 e. The molecule has 0 spiro atoms. The Morgan fingerprint density at radius 1 is 1.17 bits per heavy atom. The Bertz CT molecular complexity index is 311. The van der Waals surface area contributed by atoms with Gasteiger partial charge in [-0.1, -0.05) is 23.8 Å². The molecule has 64 valence electrons. The average molecular weight is 172 g/mol. The first-order chi connectivity index (χ1) is 5.61. The van der Waals surface area contributed by atoms with Crippen LogP contribution in [-0.4, -0.2) is 0 Å². The topological polar surface area (TPSA) is 0 Å². The second-order valence-electron chi connectivity index (χ2n) is 2.44. The van der Waals surface area contributed by atoms with Gasteiger partial charge in [0.15, 0.2) is 5.83 Å². The van der Waals surface area contributed by atoms with E-state index in [1.54, 1.807) is 13.0 Å². The van der Waals surface area contributed by atoms with Gasteiger partial charge in [0.1, 0.15) is 0 Å². The summed E-state index contributed by atoms with van der Waals surface area (Å²) in [6, 6.07) is 5.93. The van der Waals surface area contributed by atoms with Crippen LogP contribution in [0.4, 0.5) is 13.2 Å². The largest absolute Gasteiger partial charge is 0.306 e. The third kappa shape index (κ3) is 1.87. The van der Waals surface area contributed by atoms with Gasteiger partial charge in [0, 0.05) is 5.56 Å². The highest BCUT2D eigenvalue weighted by molar-refractivity contribution is 5.59. The monoisotopic (exact) mass is 172 g/mol. The Morgan fingerprint density at radius 2 is 1.83 bits per heavy atom. The summed E-state index contributed by atoms with van der Waals surface area (Å²) in [5.74, 6) is -1.45. The molecule has 1 rings (SSSR count). The highest BCUT2D eigenvalue weighted by Crippen LogP contribution is 2.22. The Hall–Kier alpha value is -1.25. The number of rotatable bonds is 1. The Labute approximate surface area is 68.3 Å². The highest BCUT2D eigenvalue weighted by Gasteiger charge is 2.07. The number of hydrogen-bond acceptors (Lipinski definition) is 0. The van der Waals surface area contributed by atoms with Crippen LogP contribution in [0.2, 0.25) is 0 Å². The van der Waals surface area contributed by atoms with Gasteiger partial charge in [-0.15, -0.1) is 0 Å². The predicted molar refractivity (Wildman–Crippen MR) is 41.4 cm³/mol. The first-order valence-corrected chi connectivity index (χ1v) is 3.39. The standard InChI is InChI=1S/C9H7F3/c1-6-3-2-4-7(5-6)8(10)9(11)12/h2-5H,1H3. The maximum atomic E-state index is 12.6. The van der Waals surface area contributed by atoms with Crippen LogP contribution >= 0.6 is 0 Å². The fraction of sp³-hybridized carbons (Fsp3) is 0.111. The quantitative estimate of drug-likeness (QED) is 0.607. The fourth-order valence-corrected chi connectivity index (χ4v) is 0.891. The van der Waals surface area contributed by atoms with Gasteiger partial charge in [-0.3, -0.25) is 0 Å². The molecule has 0 aliphatic heterocycles. The van der Waals surface area contributed by atoms with E-state index in [4.69, 9.17) is 0 Å². The molecule has 0 radical (unpaired) electrons. The fourth-order valence-electron chi connectivity index (χ4n) is 0.891. The zero-order valence-electron chi connectivity index (χ0n) is 6.44. The number of halogens is 3. The van der Waals surface area contributed by atoms with Crippen LogP contribution in [0, 0.1) is 6.92 Å². The average Bonchev–Trinajstić information content (AvgIpc) is 2.03. The van der Waals surface area contributed by atoms with Crippen LogP contribution in [0.15, 0.2) is 30.3 Å². The van der Waals surface area contributed by atoms with Crippen molar-refractivity contribution in [3.63, 3.8) is 0 Å². The second-order valence-corrected chi connectivity index (χ2v) is 2.44. The molecule has 1 aromatic carbocycles. The summed E-state index contributed by atoms with van der Waals surface area (Å²) < 4.78 is 36.1. The number of hydrogen-bond donors (Lipinski definition) is 0. The molecule has 0 amide bonds. The highest BCUT2D eigenvalue weighted by atomic mass is 19.3. The van der Waals surface area contributed by atoms with Crippen LogP contribution < -0.4 is 0 Å². The van der Waals surface area contributed by atoms with Gasteiger partial charge >= 0.3 is 6.08 Å². The van der Waals surface area contributed by atoms with Crippen molar-refractivity contribution in [3.8, 4) is 0 Å². The lowest BCUT2D eigenvalue weighted by Gasteiger charge is -1.97. The van der Waals surface area contributed by atoms with Crippen molar-refractivity contribution >= 4 is 5.83 Å². The summed E-state index contributed by atoms with van der Waals surface area (Å²) in [5.41, 5.74) is 0.680. The molecule has 0 atom stereocenters. The van der Waals surface area contributed by atoms with Crippen molar-refractivity contribution < 1.29 is 13.2 Å². The maximum absolute atomic E-state index is 12.6. The van der Waals surface area contributed by atoms with Gasteiger partial charge in [-0.25, -0.2) is 4.39 Å². The van der Waals surface area contributed by atoms with Gasteiger partial charge in [-0.2, -0.15) is 8.78 Å². The molecule has 3 heteroatoms. The van der Waals surface area contributed by atoms with E-state index >= 15 is 0 Å². The third-order valence-electron chi connectivity index (χ3n) is 1.44. The molecule has 0 aliphatic rings. The zero-order chi connectivity index (χ0) is 9.14. The molecule has 12 heavy (non-hydrogen) atoms. The zero-order valence-corrected chi connectivity index (χ0v) is 6.44. The Balaban J connectivity index is 3.13. The van der Waals surface area contributed by atoms with Crippen molar-refractivity contribution in [3.05, 3.63) is 41.5 Å². The minimum atomic E-state index is -2.28. The number of benzene rings is 1. The lowest BCUT2D eigenvalue weighted by atomic mass is 10.1. The minimum absolute atomic E-state index is 0.0741. The smallest absolute Gasteiger partial charge is 0.200 e. The van der Waals surface area contributed by atoms with Crippen molar-refractivity contribution in [2.75, 3.05) is 0 Å². The molecule has 1 aromatic rings. The summed E-state index contributed by atoms with van der Waals surface area (Å²) in [4.78, 5) is 0. The van der Waals surface area contributed by atoms with E-state index in [0.29, 0.717) is 0 Å². The van der Waals surface area contributed by atoms with Crippen LogP contribution in [0.3, 0.4) is 0 Å². The van der Waals surface area contributed by atoms with Gasteiger partial charge < -0.3 is 0 Å². The van der Waals surface area contributed by atoms with Crippen LogP contribution in [0.25, 0.3) is 5.83 Å². The van der Waals surface area contributed by atoms with E-state index in [0.717, 1.165) is 5.56 Å². The third-order valence-corrected chi connectivity index (χ3v) is 1.44. The van der Waals surface area contributed by atoms with Crippen LogP contribution in [-0.2, 0) is 0 Å². The molecule has 0 aliphatic carbocycles. The molecule has 0 saturated carbocycles. The van der Waals surface area contributed by atoms with Crippen molar-refractivity contribution in [2.24, 2.45) is 0 Å². The summed E-state index contributed by atoms with van der Waals surface area (Å²) >= 11 is 0. The molecule has 0 saturated heterocycles. The molecule has 0 fully saturated rings. The molecule has 0 aromatic heterocycles. The summed E-state index contributed by atoms with van der Waals surface area (Å²) in [6.45, 7) is 1.72. The second kappa shape index (κ2) is 3.43. The lowest BCUT2D eigenvalue weighted by Crippen LogP contribution is -1.80. The van der Waals surface area contributed by atoms with Gasteiger partial charge in [0.2, 0.25) is 0 Å². The van der Waals surface area contributed by atoms with Gasteiger partial charge in [-0.05, 0) is 13.0 Å². The Morgan fingerprint density at radius 3 is 2.33 bits per heavy atom. The first-order valence-electron chi connectivity index (χ1n) is 3.39. The van der Waals surface area contributed by atoms with Crippen LogP contribution in [0.5, 0.6) is 0 Å². The van der Waals surface area contributed by atoms with Gasteiger partial charge in [0.25, 0.3) is 0 Å². The molecule has 0 bridgehead atoms. The summed E-state index contributed by atoms with van der Waals surface area (Å²) in [5, 5.41) is 0. The SMILES string of the molecule is Cc1cccc(C(F)=C(F)F)c1. The van der Waals surface area contributed by atoms with E-state index in [2.05, 4.69) is 0 Å². The Kier molecular flexibility index (Phi) is 2.53. The van der Waals surface area contributed by atoms with Crippen molar-refractivity contribution in [1.82, 2.24) is 0 Å². The normalized spacial score (nSPS) is 9.67. The molecule has 0 nitrogen and oxygen atoms in total. The number of aryl methyl sites for hydroxylation is 1. The van der Waals surface area contributed by atoms with Crippen molar-refractivity contribution in [2.45, 2.75) is 6.92 Å². The molecule has 0 N–H and O–H groups in total. The van der Waals surface area contributed by atoms with Crippen molar-refractivity contribution in [1.29, 1.82) is 0 Å². The van der Waals surface area contributed by atoms with E-state index in [9.17, 15) is 13.2 Å². The van der Waals surface area contributed by atoms with E-state index < -0.39 is 11.9 Å². The van der Waals surface area contributed by atoms with E-state index in [-0.39, 0.29) is 5.56 Å². The predicted octanol–water partition coefficient (Wildman–Crippen LogP) is 3.53. The lowest BCUT2D eigenvalue weighted by molar-refractivity contribution is 0.410. The minimum Gasteiger partial charge on any atom is -0.200 e. The molecule has 0 heterocycles. The summed E-state index contributed by atoms with van der Waals surface area (Å²) in [6.07, 6.45) is -2.28. The van der Waals surface area contributed by atoms with Gasteiger partial charge in [0.05, 0.1) is 0 Å². The molecular formula is C9H7F3. The van der Waals surface area contributed by atoms with E-state index in [1.165, 1.54) is 18.2 Å². The van der Waals surface area contributed by atoms with E-state index in [1.807, 2.05) is 0 Å². The molecular weight excluding hydrogens is 165 g/mol. The first kappa shape index (κ1) is 8.84. The summed E-state index contributed by atoms with van der Waals surface area (Å²) in [7, 11) is 0. The molecule has 0 unspecified atom stereocenters.